The molecule has 0 spiro atoms. The number of rotatable bonds is 6. The van der Waals surface area contributed by atoms with E-state index >= 15 is 0 Å². The summed E-state index contributed by atoms with van der Waals surface area (Å²) in [5.41, 5.74) is 4.22. The molecule has 0 aromatic heterocycles. The molecular formula is C20H25N3O2. The summed E-state index contributed by atoms with van der Waals surface area (Å²) in [6.45, 7) is 7.90. The van der Waals surface area contributed by atoms with Gasteiger partial charge in [0, 0.05) is 23.0 Å². The standard InChI is InChI=1S/C20H25N3O2/c1-13(2)22-20(25)16-6-5-7-17(11-16)21-12-19(24)23-18-10-14(3)8-9-15(18)4/h5-11,13,21H,12H2,1-4H3,(H,22,25)(H,23,24). The van der Waals surface area contributed by atoms with Crippen LogP contribution in [0.15, 0.2) is 42.5 Å². The largest absolute Gasteiger partial charge is 0.376 e. The zero-order valence-electron chi connectivity index (χ0n) is 15.1. The molecule has 0 saturated heterocycles. The van der Waals surface area contributed by atoms with Crippen LogP contribution >= 0.6 is 0 Å². The molecule has 0 unspecified atom stereocenters. The molecule has 132 valence electrons. The van der Waals surface area contributed by atoms with Gasteiger partial charge in [-0.1, -0.05) is 18.2 Å². The minimum Gasteiger partial charge on any atom is -0.376 e. The van der Waals surface area contributed by atoms with E-state index in [0.29, 0.717) is 5.56 Å². The summed E-state index contributed by atoms with van der Waals surface area (Å²) < 4.78 is 0. The lowest BCUT2D eigenvalue weighted by Crippen LogP contribution is -2.30. The van der Waals surface area contributed by atoms with Crippen molar-refractivity contribution in [2.75, 3.05) is 17.2 Å². The summed E-state index contributed by atoms with van der Waals surface area (Å²) in [5, 5.41) is 8.81. The van der Waals surface area contributed by atoms with Crippen molar-refractivity contribution in [1.29, 1.82) is 0 Å². The predicted octanol–water partition coefficient (Wildman–Crippen LogP) is 3.49. The first-order chi connectivity index (χ1) is 11.8. The summed E-state index contributed by atoms with van der Waals surface area (Å²) in [7, 11) is 0. The third kappa shape index (κ3) is 5.64. The van der Waals surface area contributed by atoms with Crippen LogP contribution in [0.3, 0.4) is 0 Å². The average Bonchev–Trinajstić information content (AvgIpc) is 2.56. The number of aryl methyl sites for hydroxylation is 2. The maximum atomic E-state index is 12.2. The molecule has 0 fully saturated rings. The van der Waals surface area contributed by atoms with Crippen molar-refractivity contribution in [3.63, 3.8) is 0 Å². The molecule has 0 aliphatic rings. The number of hydrogen-bond donors (Lipinski definition) is 3. The zero-order chi connectivity index (χ0) is 18.4. The number of benzene rings is 2. The van der Waals surface area contributed by atoms with Crippen LogP contribution in [0.4, 0.5) is 11.4 Å². The second kappa shape index (κ2) is 8.33. The molecule has 0 aliphatic heterocycles. The van der Waals surface area contributed by atoms with E-state index in [1.54, 1.807) is 18.2 Å². The molecule has 3 N–H and O–H groups in total. The Hall–Kier alpha value is -2.82. The van der Waals surface area contributed by atoms with Crippen LogP contribution in [0.1, 0.15) is 35.3 Å². The van der Waals surface area contributed by atoms with Gasteiger partial charge in [-0.15, -0.1) is 0 Å². The SMILES string of the molecule is Cc1ccc(C)c(NC(=O)CNc2cccc(C(=O)NC(C)C)c2)c1. The Morgan fingerprint density at radius 3 is 2.52 bits per heavy atom. The Labute approximate surface area is 148 Å². The monoisotopic (exact) mass is 339 g/mol. The van der Waals surface area contributed by atoms with Gasteiger partial charge in [0.05, 0.1) is 6.54 Å². The fraction of sp³-hybridized carbons (Fsp3) is 0.300. The van der Waals surface area contributed by atoms with Gasteiger partial charge in [0.1, 0.15) is 0 Å². The van der Waals surface area contributed by atoms with Crippen molar-refractivity contribution in [1.82, 2.24) is 5.32 Å². The van der Waals surface area contributed by atoms with E-state index in [-0.39, 0.29) is 24.4 Å². The van der Waals surface area contributed by atoms with E-state index in [9.17, 15) is 9.59 Å². The number of carbonyl (C=O) groups is 2. The number of amides is 2. The molecular weight excluding hydrogens is 314 g/mol. The van der Waals surface area contributed by atoms with Crippen molar-refractivity contribution in [3.8, 4) is 0 Å². The molecule has 0 atom stereocenters. The van der Waals surface area contributed by atoms with E-state index < -0.39 is 0 Å². The minimum absolute atomic E-state index is 0.0764. The van der Waals surface area contributed by atoms with Crippen LogP contribution in [0.5, 0.6) is 0 Å². The van der Waals surface area contributed by atoms with Gasteiger partial charge in [0.15, 0.2) is 0 Å². The van der Waals surface area contributed by atoms with Gasteiger partial charge < -0.3 is 16.0 Å². The summed E-state index contributed by atoms with van der Waals surface area (Å²) in [5.74, 6) is -0.260. The van der Waals surface area contributed by atoms with Crippen LogP contribution in [0.2, 0.25) is 0 Å². The third-order valence-electron chi connectivity index (χ3n) is 3.66. The summed E-state index contributed by atoms with van der Waals surface area (Å²) in [4.78, 5) is 24.2. The molecule has 2 amide bonds. The second-order valence-corrected chi connectivity index (χ2v) is 6.43. The van der Waals surface area contributed by atoms with Gasteiger partial charge in [-0.2, -0.15) is 0 Å². The van der Waals surface area contributed by atoms with Crippen LogP contribution in [-0.4, -0.2) is 24.4 Å². The van der Waals surface area contributed by atoms with E-state index in [4.69, 9.17) is 0 Å². The predicted molar refractivity (Wildman–Crippen MR) is 102 cm³/mol. The van der Waals surface area contributed by atoms with Crippen LogP contribution in [0, 0.1) is 13.8 Å². The van der Waals surface area contributed by atoms with Gasteiger partial charge in [0.25, 0.3) is 5.91 Å². The third-order valence-corrected chi connectivity index (χ3v) is 3.66. The normalized spacial score (nSPS) is 10.4. The molecule has 5 nitrogen and oxygen atoms in total. The fourth-order valence-electron chi connectivity index (χ4n) is 2.36. The Balaban J connectivity index is 1.95. The molecule has 2 rings (SSSR count). The van der Waals surface area contributed by atoms with Gasteiger partial charge in [-0.05, 0) is 63.1 Å². The lowest BCUT2D eigenvalue weighted by Gasteiger charge is -2.12. The maximum Gasteiger partial charge on any atom is 0.251 e. The quantitative estimate of drug-likeness (QED) is 0.754. The number of nitrogens with one attached hydrogen (secondary N) is 3. The molecule has 25 heavy (non-hydrogen) atoms. The fourth-order valence-corrected chi connectivity index (χ4v) is 2.36. The van der Waals surface area contributed by atoms with E-state index in [0.717, 1.165) is 22.5 Å². The van der Waals surface area contributed by atoms with E-state index in [1.165, 1.54) is 0 Å². The Morgan fingerprint density at radius 1 is 1.04 bits per heavy atom. The molecule has 5 heteroatoms. The van der Waals surface area contributed by atoms with E-state index in [1.807, 2.05) is 52.0 Å². The molecule has 0 bridgehead atoms. The lowest BCUT2D eigenvalue weighted by atomic mass is 10.1. The molecule has 0 saturated carbocycles. The molecule has 0 aliphatic carbocycles. The van der Waals surface area contributed by atoms with Gasteiger partial charge in [-0.25, -0.2) is 0 Å². The Morgan fingerprint density at radius 2 is 1.80 bits per heavy atom. The first-order valence-electron chi connectivity index (χ1n) is 8.37. The van der Waals surface area contributed by atoms with Crippen LogP contribution in [0.25, 0.3) is 0 Å². The highest BCUT2D eigenvalue weighted by Crippen LogP contribution is 2.16. The molecule has 2 aromatic rings. The van der Waals surface area contributed by atoms with Crippen LogP contribution < -0.4 is 16.0 Å². The average molecular weight is 339 g/mol. The van der Waals surface area contributed by atoms with Crippen LogP contribution in [-0.2, 0) is 4.79 Å². The second-order valence-electron chi connectivity index (χ2n) is 6.43. The molecule has 2 aromatic carbocycles. The number of hydrogen-bond acceptors (Lipinski definition) is 3. The highest BCUT2D eigenvalue weighted by molar-refractivity contribution is 5.96. The first kappa shape index (κ1) is 18.5. The molecule has 0 radical (unpaired) electrons. The van der Waals surface area contributed by atoms with E-state index in [2.05, 4.69) is 16.0 Å². The van der Waals surface area contributed by atoms with Crippen molar-refractivity contribution >= 4 is 23.2 Å². The van der Waals surface area contributed by atoms with Gasteiger partial charge >= 0.3 is 0 Å². The highest BCUT2D eigenvalue weighted by Gasteiger charge is 2.09. The van der Waals surface area contributed by atoms with Crippen molar-refractivity contribution in [2.45, 2.75) is 33.7 Å². The van der Waals surface area contributed by atoms with Crippen molar-refractivity contribution < 1.29 is 9.59 Å². The Bertz CT molecular complexity index is 769. The summed E-state index contributed by atoms with van der Waals surface area (Å²) in [6, 6.07) is 13.1. The van der Waals surface area contributed by atoms with Gasteiger partial charge in [0.2, 0.25) is 5.91 Å². The number of carbonyl (C=O) groups excluding carboxylic acids is 2. The number of anilines is 2. The topological polar surface area (TPSA) is 70.2 Å². The highest BCUT2D eigenvalue weighted by atomic mass is 16.2. The van der Waals surface area contributed by atoms with Crippen molar-refractivity contribution in [2.24, 2.45) is 0 Å². The van der Waals surface area contributed by atoms with Crippen molar-refractivity contribution in [3.05, 3.63) is 59.2 Å². The maximum absolute atomic E-state index is 12.2. The summed E-state index contributed by atoms with van der Waals surface area (Å²) in [6.07, 6.45) is 0. The van der Waals surface area contributed by atoms with Gasteiger partial charge in [-0.3, -0.25) is 9.59 Å². The molecule has 0 heterocycles. The summed E-state index contributed by atoms with van der Waals surface area (Å²) >= 11 is 0. The smallest absolute Gasteiger partial charge is 0.251 e. The zero-order valence-corrected chi connectivity index (χ0v) is 15.1. The first-order valence-corrected chi connectivity index (χ1v) is 8.37. The lowest BCUT2D eigenvalue weighted by molar-refractivity contribution is -0.114. The minimum atomic E-state index is -0.134. The Kier molecular flexibility index (Phi) is 6.17.